The molecule has 0 aliphatic carbocycles. The minimum Gasteiger partial charge on any atom is -0.352 e. The normalized spacial score (nSPS) is 13.8. The van der Waals surface area contributed by atoms with Crippen molar-refractivity contribution in [2.45, 2.75) is 26.3 Å². The van der Waals surface area contributed by atoms with Crippen molar-refractivity contribution in [2.75, 3.05) is 36.4 Å². The molecular formula is C25H29N5O2S. The van der Waals surface area contributed by atoms with Gasteiger partial charge in [0.05, 0.1) is 12.1 Å². The Morgan fingerprint density at radius 1 is 1.03 bits per heavy atom. The number of rotatable bonds is 6. The van der Waals surface area contributed by atoms with Gasteiger partial charge in [-0.2, -0.15) is 0 Å². The molecule has 1 aromatic carbocycles. The number of hydrogen-bond donors (Lipinski definition) is 2. The molecule has 8 heteroatoms. The molecule has 0 bridgehead atoms. The Bertz CT molecular complexity index is 1090. The van der Waals surface area contributed by atoms with E-state index in [1.807, 2.05) is 46.7 Å². The number of urea groups is 1. The highest BCUT2D eigenvalue weighted by molar-refractivity contribution is 7.09. The van der Waals surface area contributed by atoms with Gasteiger partial charge in [0, 0.05) is 42.9 Å². The molecule has 0 saturated carbocycles. The van der Waals surface area contributed by atoms with Crippen molar-refractivity contribution in [2.24, 2.45) is 0 Å². The van der Waals surface area contributed by atoms with E-state index in [0.717, 1.165) is 16.1 Å². The molecule has 3 amide bonds. The number of carbonyl (C=O) groups excluding carboxylic acids is 2. The summed E-state index contributed by atoms with van der Waals surface area (Å²) >= 11 is 1.61. The number of anilines is 2. The van der Waals surface area contributed by atoms with E-state index in [1.54, 1.807) is 29.7 Å². The van der Waals surface area contributed by atoms with Gasteiger partial charge in [0.1, 0.15) is 5.82 Å². The monoisotopic (exact) mass is 463 g/mol. The first-order valence-electron chi connectivity index (χ1n) is 11.2. The minimum atomic E-state index is -0.142. The van der Waals surface area contributed by atoms with Gasteiger partial charge in [-0.1, -0.05) is 38.1 Å². The molecule has 0 spiro atoms. The maximum atomic E-state index is 12.9. The van der Waals surface area contributed by atoms with Crippen LogP contribution in [0.1, 0.15) is 40.6 Å². The van der Waals surface area contributed by atoms with Gasteiger partial charge in [0.25, 0.3) is 5.91 Å². The van der Waals surface area contributed by atoms with Crippen LogP contribution in [0, 0.1) is 0 Å². The fourth-order valence-electron chi connectivity index (χ4n) is 3.93. The molecule has 3 aromatic rings. The Balaban J connectivity index is 1.37. The number of aromatic nitrogens is 1. The molecule has 33 heavy (non-hydrogen) atoms. The molecule has 1 aliphatic heterocycles. The summed E-state index contributed by atoms with van der Waals surface area (Å²) in [6.07, 6.45) is 1.70. The second-order valence-corrected chi connectivity index (χ2v) is 9.32. The molecule has 3 heterocycles. The third-order valence-corrected chi connectivity index (χ3v) is 6.60. The second-order valence-electron chi connectivity index (χ2n) is 8.28. The number of carbonyl (C=O) groups is 2. The molecule has 172 valence electrons. The summed E-state index contributed by atoms with van der Waals surface area (Å²) in [6, 6.07) is 15.4. The highest BCUT2D eigenvalue weighted by atomic mass is 32.1. The smallest absolute Gasteiger partial charge is 0.321 e. The number of piperazine rings is 1. The molecule has 1 fully saturated rings. The van der Waals surface area contributed by atoms with Crippen LogP contribution in [0.25, 0.3) is 0 Å². The standard InChI is InChI=1S/C25H29N5O2S/c1-18(2)20-8-3-4-10-22(20)28-25(32)30-14-12-29(13-15-30)23-21(9-5-11-26-23)24(31)27-17-19-7-6-16-33-19/h3-11,16,18H,12-15,17H2,1-2H3,(H,27,31)(H,28,32). The number of hydrogen-bond acceptors (Lipinski definition) is 5. The number of nitrogens with one attached hydrogen (secondary N) is 2. The Morgan fingerprint density at radius 2 is 1.82 bits per heavy atom. The Kier molecular flexibility index (Phi) is 7.24. The molecule has 0 unspecified atom stereocenters. The summed E-state index contributed by atoms with van der Waals surface area (Å²) in [5.74, 6) is 0.843. The third kappa shape index (κ3) is 5.51. The zero-order chi connectivity index (χ0) is 23.2. The summed E-state index contributed by atoms with van der Waals surface area (Å²) in [4.78, 5) is 35.2. The zero-order valence-corrected chi connectivity index (χ0v) is 19.8. The van der Waals surface area contributed by atoms with Gasteiger partial charge in [0.2, 0.25) is 0 Å². The van der Waals surface area contributed by atoms with Gasteiger partial charge in [-0.05, 0) is 41.1 Å². The Hall–Kier alpha value is -3.39. The maximum absolute atomic E-state index is 12.9. The molecule has 1 aliphatic rings. The maximum Gasteiger partial charge on any atom is 0.321 e. The van der Waals surface area contributed by atoms with E-state index < -0.39 is 0 Å². The van der Waals surface area contributed by atoms with Gasteiger partial charge in [-0.3, -0.25) is 4.79 Å². The average molecular weight is 464 g/mol. The number of thiophene rings is 1. The number of amides is 3. The van der Waals surface area contributed by atoms with Crippen LogP contribution in [0.4, 0.5) is 16.3 Å². The van der Waals surface area contributed by atoms with Crippen LogP contribution in [-0.4, -0.2) is 48.0 Å². The van der Waals surface area contributed by atoms with E-state index >= 15 is 0 Å². The van der Waals surface area contributed by atoms with Crippen LogP contribution >= 0.6 is 11.3 Å². The van der Waals surface area contributed by atoms with Gasteiger partial charge in [-0.25, -0.2) is 9.78 Å². The molecule has 2 N–H and O–H groups in total. The largest absolute Gasteiger partial charge is 0.352 e. The molecule has 7 nitrogen and oxygen atoms in total. The number of benzene rings is 1. The quantitative estimate of drug-likeness (QED) is 0.562. The van der Waals surface area contributed by atoms with Crippen molar-refractivity contribution < 1.29 is 9.59 Å². The van der Waals surface area contributed by atoms with Crippen LogP contribution in [0.15, 0.2) is 60.1 Å². The van der Waals surface area contributed by atoms with Crippen molar-refractivity contribution in [3.63, 3.8) is 0 Å². The fourth-order valence-corrected chi connectivity index (χ4v) is 4.58. The van der Waals surface area contributed by atoms with Crippen molar-refractivity contribution >= 4 is 34.8 Å². The SMILES string of the molecule is CC(C)c1ccccc1NC(=O)N1CCN(c2ncccc2C(=O)NCc2cccs2)CC1. The van der Waals surface area contributed by atoms with Gasteiger partial charge in [-0.15, -0.1) is 11.3 Å². The minimum absolute atomic E-state index is 0.0994. The summed E-state index contributed by atoms with van der Waals surface area (Å²) in [5, 5.41) is 8.04. The van der Waals surface area contributed by atoms with E-state index in [4.69, 9.17) is 0 Å². The first kappa shape index (κ1) is 22.8. The van der Waals surface area contributed by atoms with Crippen molar-refractivity contribution in [3.05, 3.63) is 76.1 Å². The van der Waals surface area contributed by atoms with E-state index in [9.17, 15) is 9.59 Å². The predicted octanol–water partition coefficient (Wildman–Crippen LogP) is 4.55. The lowest BCUT2D eigenvalue weighted by atomic mass is 10.0. The molecule has 1 saturated heterocycles. The van der Waals surface area contributed by atoms with E-state index in [0.29, 0.717) is 50.0 Å². The van der Waals surface area contributed by atoms with E-state index in [1.165, 1.54) is 0 Å². The lowest BCUT2D eigenvalue weighted by molar-refractivity contribution is 0.0951. The number of para-hydroxylation sites is 1. The zero-order valence-electron chi connectivity index (χ0n) is 19.0. The van der Waals surface area contributed by atoms with Crippen molar-refractivity contribution in [3.8, 4) is 0 Å². The summed E-state index contributed by atoms with van der Waals surface area (Å²) in [7, 11) is 0. The molecule has 4 rings (SSSR count). The summed E-state index contributed by atoms with van der Waals surface area (Å²) in [5.41, 5.74) is 2.53. The van der Waals surface area contributed by atoms with Gasteiger partial charge >= 0.3 is 6.03 Å². The lowest BCUT2D eigenvalue weighted by Gasteiger charge is -2.36. The molecule has 2 aromatic heterocycles. The van der Waals surface area contributed by atoms with Crippen LogP contribution in [0.2, 0.25) is 0 Å². The molecule has 0 radical (unpaired) electrons. The summed E-state index contributed by atoms with van der Waals surface area (Å²) < 4.78 is 0. The topological polar surface area (TPSA) is 77.6 Å². The fraction of sp³-hybridized carbons (Fsp3) is 0.320. The third-order valence-electron chi connectivity index (χ3n) is 5.73. The number of nitrogens with zero attached hydrogens (tertiary/aromatic N) is 3. The molecule has 0 atom stereocenters. The van der Waals surface area contributed by atoms with Gasteiger partial charge < -0.3 is 20.4 Å². The van der Waals surface area contributed by atoms with Crippen LogP contribution in [0.3, 0.4) is 0 Å². The van der Waals surface area contributed by atoms with Gasteiger partial charge in [0.15, 0.2) is 0 Å². The van der Waals surface area contributed by atoms with Crippen LogP contribution in [-0.2, 0) is 6.54 Å². The van der Waals surface area contributed by atoms with Crippen LogP contribution < -0.4 is 15.5 Å². The first-order valence-corrected chi connectivity index (χ1v) is 12.1. The van der Waals surface area contributed by atoms with Crippen molar-refractivity contribution in [1.82, 2.24) is 15.2 Å². The molecular weight excluding hydrogens is 434 g/mol. The average Bonchev–Trinajstić information content (AvgIpc) is 3.36. The lowest BCUT2D eigenvalue weighted by Crippen LogP contribution is -2.50. The first-order chi connectivity index (χ1) is 16.0. The van der Waals surface area contributed by atoms with Crippen LogP contribution in [0.5, 0.6) is 0 Å². The Labute approximate surface area is 198 Å². The highest BCUT2D eigenvalue weighted by Gasteiger charge is 2.25. The Morgan fingerprint density at radius 3 is 2.55 bits per heavy atom. The second kappa shape index (κ2) is 10.5. The van der Waals surface area contributed by atoms with Crippen molar-refractivity contribution in [1.29, 1.82) is 0 Å². The number of pyridine rings is 1. The highest BCUT2D eigenvalue weighted by Crippen LogP contribution is 2.25. The van der Waals surface area contributed by atoms with E-state index in [-0.39, 0.29) is 11.9 Å². The van der Waals surface area contributed by atoms with E-state index in [2.05, 4.69) is 34.4 Å². The summed E-state index contributed by atoms with van der Waals surface area (Å²) in [6.45, 7) is 7.07. The predicted molar refractivity (Wildman–Crippen MR) is 133 cm³/mol.